The second-order valence-corrected chi connectivity index (χ2v) is 8.30. The zero-order valence-electron chi connectivity index (χ0n) is 17.9. The molecule has 7 nitrogen and oxygen atoms in total. The maximum Gasteiger partial charge on any atom is 0.360 e. The minimum absolute atomic E-state index is 0.0372. The number of ether oxygens (including phenoxy) is 1. The monoisotopic (exact) mass is 490 g/mol. The van der Waals surface area contributed by atoms with E-state index in [1.807, 2.05) is 4.90 Å². The van der Waals surface area contributed by atoms with Crippen molar-refractivity contribution in [1.82, 2.24) is 14.9 Å². The summed E-state index contributed by atoms with van der Waals surface area (Å²) in [6.45, 7) is 3.57. The van der Waals surface area contributed by atoms with Gasteiger partial charge in [0.1, 0.15) is 5.82 Å². The molecule has 0 atom stereocenters. The lowest BCUT2D eigenvalue weighted by atomic mass is 10.2. The number of carbonyl (C=O) groups is 2. The summed E-state index contributed by atoms with van der Waals surface area (Å²) in [5.74, 6) is -1.17. The molecule has 0 radical (unpaired) electrons. The van der Waals surface area contributed by atoms with E-state index in [1.165, 1.54) is 12.1 Å². The number of hydrogen-bond donors (Lipinski definition) is 0. The maximum absolute atomic E-state index is 14.1. The van der Waals surface area contributed by atoms with Crippen molar-refractivity contribution in [3.8, 4) is 0 Å². The summed E-state index contributed by atoms with van der Waals surface area (Å²) in [7, 11) is 0. The first kappa shape index (κ1) is 23.2. The fourth-order valence-corrected chi connectivity index (χ4v) is 4.05. The van der Waals surface area contributed by atoms with Gasteiger partial charge in [-0.15, -0.1) is 0 Å². The third-order valence-electron chi connectivity index (χ3n) is 5.34. The van der Waals surface area contributed by atoms with Gasteiger partial charge in [-0.3, -0.25) is 4.79 Å². The highest BCUT2D eigenvalue weighted by molar-refractivity contribution is 6.42. The second kappa shape index (κ2) is 9.89. The number of nitrogens with zero attached hydrogens (tertiary/aromatic N) is 4. The largest absolute Gasteiger partial charge is 0.461 e. The van der Waals surface area contributed by atoms with Crippen molar-refractivity contribution in [2.45, 2.75) is 13.3 Å². The van der Waals surface area contributed by atoms with E-state index in [4.69, 9.17) is 27.9 Å². The Balaban J connectivity index is 1.65. The molecule has 10 heteroatoms. The van der Waals surface area contributed by atoms with Crippen LogP contribution in [0.3, 0.4) is 0 Å². The Bertz CT molecular complexity index is 1220. The van der Waals surface area contributed by atoms with Gasteiger partial charge < -0.3 is 14.5 Å². The number of esters is 1. The lowest BCUT2D eigenvalue weighted by molar-refractivity contribution is 0.0520. The van der Waals surface area contributed by atoms with Crippen LogP contribution in [0.1, 0.15) is 34.2 Å². The minimum Gasteiger partial charge on any atom is -0.461 e. The molecule has 0 saturated carbocycles. The zero-order valence-corrected chi connectivity index (χ0v) is 19.4. The van der Waals surface area contributed by atoms with E-state index in [-0.39, 0.29) is 23.8 Å². The van der Waals surface area contributed by atoms with Crippen LogP contribution in [0.2, 0.25) is 10.0 Å². The molecule has 1 aliphatic rings. The van der Waals surface area contributed by atoms with Gasteiger partial charge in [0.2, 0.25) is 0 Å². The molecule has 0 spiro atoms. The van der Waals surface area contributed by atoms with E-state index >= 15 is 0 Å². The lowest BCUT2D eigenvalue weighted by Gasteiger charge is -2.24. The van der Waals surface area contributed by atoms with Crippen molar-refractivity contribution in [2.24, 2.45) is 0 Å². The molecular weight excluding hydrogens is 470 g/mol. The molecular formula is C23H21Cl2FN4O3. The first-order valence-electron chi connectivity index (χ1n) is 10.5. The molecule has 1 saturated heterocycles. The fourth-order valence-electron chi connectivity index (χ4n) is 3.74. The molecule has 2 aromatic carbocycles. The molecule has 33 heavy (non-hydrogen) atoms. The van der Waals surface area contributed by atoms with Crippen molar-refractivity contribution >= 4 is 51.9 Å². The van der Waals surface area contributed by atoms with Crippen LogP contribution in [0.4, 0.5) is 10.2 Å². The molecule has 2 heterocycles. The molecule has 1 amide bonds. The average Bonchev–Trinajstić information content (AvgIpc) is 3.05. The molecule has 1 fully saturated rings. The molecule has 0 N–H and O–H groups in total. The molecule has 4 rings (SSSR count). The Hall–Kier alpha value is -2.97. The van der Waals surface area contributed by atoms with Crippen LogP contribution in [0.15, 0.2) is 36.4 Å². The highest BCUT2D eigenvalue weighted by atomic mass is 35.5. The predicted molar refractivity (Wildman–Crippen MR) is 125 cm³/mol. The van der Waals surface area contributed by atoms with Crippen molar-refractivity contribution in [3.63, 3.8) is 0 Å². The van der Waals surface area contributed by atoms with Gasteiger partial charge in [0, 0.05) is 26.2 Å². The molecule has 0 bridgehead atoms. The summed E-state index contributed by atoms with van der Waals surface area (Å²) < 4.78 is 19.3. The maximum atomic E-state index is 14.1. The van der Waals surface area contributed by atoms with E-state index in [0.29, 0.717) is 59.5 Å². The van der Waals surface area contributed by atoms with Crippen molar-refractivity contribution in [3.05, 3.63) is 63.5 Å². The summed E-state index contributed by atoms with van der Waals surface area (Å²) in [4.78, 5) is 38.1. The number of rotatable bonds is 4. The van der Waals surface area contributed by atoms with Crippen LogP contribution in [-0.2, 0) is 4.74 Å². The number of amides is 1. The molecule has 0 unspecified atom stereocenters. The van der Waals surface area contributed by atoms with Gasteiger partial charge in [0.05, 0.1) is 33.2 Å². The van der Waals surface area contributed by atoms with Gasteiger partial charge >= 0.3 is 5.97 Å². The van der Waals surface area contributed by atoms with E-state index < -0.39 is 11.8 Å². The quantitative estimate of drug-likeness (QED) is 0.497. The van der Waals surface area contributed by atoms with Crippen LogP contribution in [0, 0.1) is 5.82 Å². The smallest absolute Gasteiger partial charge is 0.360 e. The number of fused-ring (bicyclic) bond motifs is 1. The normalized spacial score (nSPS) is 14.3. The van der Waals surface area contributed by atoms with Crippen molar-refractivity contribution in [2.75, 3.05) is 37.7 Å². The number of carbonyl (C=O) groups excluding carboxylic acids is 2. The Morgan fingerprint density at radius 1 is 1.03 bits per heavy atom. The van der Waals surface area contributed by atoms with Gasteiger partial charge in [-0.05, 0) is 37.6 Å². The predicted octanol–water partition coefficient (Wildman–Crippen LogP) is 4.60. The van der Waals surface area contributed by atoms with E-state index in [0.717, 1.165) is 0 Å². The van der Waals surface area contributed by atoms with E-state index in [9.17, 15) is 14.0 Å². The number of halogens is 3. The molecule has 0 aliphatic carbocycles. The summed E-state index contributed by atoms with van der Waals surface area (Å²) >= 11 is 12.3. The Morgan fingerprint density at radius 3 is 2.42 bits per heavy atom. The number of benzene rings is 2. The van der Waals surface area contributed by atoms with Crippen molar-refractivity contribution < 1.29 is 18.7 Å². The highest BCUT2D eigenvalue weighted by Crippen LogP contribution is 2.29. The third-order valence-corrected chi connectivity index (χ3v) is 6.07. The SMILES string of the molecule is CCOC(=O)c1nc2cc(Cl)c(Cl)cc2nc1N1CCCN(C(=O)c2ccccc2F)CC1. The van der Waals surface area contributed by atoms with Gasteiger partial charge in [-0.25, -0.2) is 19.2 Å². The Morgan fingerprint density at radius 2 is 1.73 bits per heavy atom. The third kappa shape index (κ3) is 4.86. The van der Waals surface area contributed by atoms with Crippen LogP contribution >= 0.6 is 23.2 Å². The molecule has 3 aromatic rings. The van der Waals surface area contributed by atoms with Crippen molar-refractivity contribution in [1.29, 1.82) is 0 Å². The highest BCUT2D eigenvalue weighted by Gasteiger charge is 2.27. The van der Waals surface area contributed by atoms with Gasteiger partial charge in [-0.2, -0.15) is 0 Å². The van der Waals surface area contributed by atoms with Crippen LogP contribution in [0.5, 0.6) is 0 Å². The summed E-state index contributed by atoms with van der Waals surface area (Å²) in [6, 6.07) is 9.07. The summed E-state index contributed by atoms with van der Waals surface area (Å²) in [5.41, 5.74) is 1.00. The molecule has 1 aromatic heterocycles. The first-order chi connectivity index (χ1) is 15.9. The van der Waals surface area contributed by atoms with Gasteiger partial charge in [-0.1, -0.05) is 35.3 Å². The summed E-state index contributed by atoms with van der Waals surface area (Å²) in [6.07, 6.45) is 0.601. The van der Waals surface area contributed by atoms with Crippen LogP contribution < -0.4 is 4.90 Å². The Kier molecular flexibility index (Phi) is 6.95. The second-order valence-electron chi connectivity index (χ2n) is 7.48. The standard InChI is InChI=1S/C23H21Cl2FN4O3/c1-2-33-23(32)20-21(28-19-13-16(25)15(24)12-18(19)27-20)29-8-5-9-30(11-10-29)22(31)14-6-3-4-7-17(14)26/h3-4,6-7,12-13H,2,5,8-11H2,1H3. The van der Waals surface area contributed by atoms with E-state index in [2.05, 4.69) is 9.97 Å². The van der Waals surface area contributed by atoms with Crippen LogP contribution in [0.25, 0.3) is 11.0 Å². The average molecular weight is 491 g/mol. The zero-order chi connectivity index (χ0) is 23.5. The fraction of sp³-hybridized carbons (Fsp3) is 0.304. The molecule has 1 aliphatic heterocycles. The lowest BCUT2D eigenvalue weighted by Crippen LogP contribution is -2.36. The Labute approximate surface area is 200 Å². The van der Waals surface area contributed by atoms with E-state index in [1.54, 1.807) is 36.1 Å². The number of hydrogen-bond acceptors (Lipinski definition) is 6. The summed E-state index contributed by atoms with van der Waals surface area (Å²) in [5, 5.41) is 0.629. The minimum atomic E-state index is -0.600. The first-order valence-corrected chi connectivity index (χ1v) is 11.3. The van der Waals surface area contributed by atoms with Crippen LogP contribution in [-0.4, -0.2) is 59.5 Å². The van der Waals surface area contributed by atoms with Gasteiger partial charge in [0.15, 0.2) is 11.5 Å². The van der Waals surface area contributed by atoms with Gasteiger partial charge in [0.25, 0.3) is 5.91 Å². The number of anilines is 1. The number of aromatic nitrogens is 2. The topological polar surface area (TPSA) is 75.6 Å². The molecule has 172 valence electrons.